The Labute approximate surface area is 100 Å². The molecule has 0 saturated carbocycles. The first-order chi connectivity index (χ1) is 7.48. The Morgan fingerprint density at radius 2 is 2.00 bits per heavy atom. The Bertz CT molecular complexity index is 409. The van der Waals surface area contributed by atoms with Gasteiger partial charge in [-0.2, -0.15) is 0 Å². The van der Waals surface area contributed by atoms with Gasteiger partial charge in [0.1, 0.15) is 0 Å². The molecule has 3 heteroatoms. The summed E-state index contributed by atoms with van der Waals surface area (Å²) in [5, 5.41) is 0. The molecule has 0 aromatic heterocycles. The standard InChI is InChI=1S/C13H19NOS/c1-13(2,3)16(15)14-12-9-8-10-6-4-5-7-11(10)12/h4-7,12,14H,8-9H2,1-3H3/t12-,16+/m0/s1. The summed E-state index contributed by atoms with van der Waals surface area (Å²) < 4.78 is 15.1. The van der Waals surface area contributed by atoms with Gasteiger partial charge >= 0.3 is 0 Å². The molecule has 2 nitrogen and oxygen atoms in total. The third kappa shape index (κ3) is 2.36. The summed E-state index contributed by atoms with van der Waals surface area (Å²) in [6, 6.07) is 8.69. The van der Waals surface area contributed by atoms with Crippen molar-refractivity contribution in [2.75, 3.05) is 0 Å². The van der Waals surface area contributed by atoms with E-state index in [9.17, 15) is 4.21 Å². The van der Waals surface area contributed by atoms with Crippen LogP contribution < -0.4 is 4.72 Å². The Morgan fingerprint density at radius 1 is 1.31 bits per heavy atom. The van der Waals surface area contributed by atoms with Crippen LogP contribution >= 0.6 is 0 Å². The highest BCUT2D eigenvalue weighted by Crippen LogP contribution is 2.31. The second-order valence-electron chi connectivity index (χ2n) is 5.29. The highest BCUT2D eigenvalue weighted by molar-refractivity contribution is 7.84. The maximum Gasteiger partial charge on any atom is 0.0975 e. The summed E-state index contributed by atoms with van der Waals surface area (Å²) in [5.41, 5.74) is 2.71. The minimum Gasteiger partial charge on any atom is -0.242 e. The van der Waals surface area contributed by atoms with E-state index in [2.05, 4.69) is 29.0 Å². The maximum absolute atomic E-state index is 12.0. The van der Waals surface area contributed by atoms with E-state index < -0.39 is 11.0 Å². The molecule has 0 fully saturated rings. The van der Waals surface area contributed by atoms with Crippen molar-refractivity contribution in [2.24, 2.45) is 0 Å². The second-order valence-corrected chi connectivity index (χ2v) is 7.29. The van der Waals surface area contributed by atoms with Crippen molar-refractivity contribution in [3.63, 3.8) is 0 Å². The number of hydrogen-bond donors (Lipinski definition) is 1. The highest BCUT2D eigenvalue weighted by atomic mass is 32.2. The Morgan fingerprint density at radius 3 is 2.69 bits per heavy atom. The SMILES string of the molecule is CC(C)(C)[S@@](=O)N[C@H]1CCc2ccccc21. The van der Waals surface area contributed by atoms with Gasteiger partial charge in [-0.15, -0.1) is 0 Å². The summed E-state index contributed by atoms with van der Waals surface area (Å²) in [4.78, 5) is 0. The van der Waals surface area contributed by atoms with Crippen LogP contribution in [-0.2, 0) is 17.4 Å². The Balaban J connectivity index is 2.12. The van der Waals surface area contributed by atoms with Crippen LogP contribution in [0.25, 0.3) is 0 Å². The molecule has 2 rings (SSSR count). The highest BCUT2D eigenvalue weighted by Gasteiger charge is 2.27. The molecule has 1 aromatic carbocycles. The van der Waals surface area contributed by atoms with E-state index in [1.54, 1.807) is 0 Å². The quantitative estimate of drug-likeness (QED) is 0.842. The Hall–Kier alpha value is -0.670. The predicted molar refractivity (Wildman–Crippen MR) is 68.5 cm³/mol. The average molecular weight is 237 g/mol. The van der Waals surface area contributed by atoms with Crippen LogP contribution in [0.3, 0.4) is 0 Å². The van der Waals surface area contributed by atoms with E-state index in [1.807, 2.05) is 20.8 Å². The average Bonchev–Trinajstić information content (AvgIpc) is 2.61. The van der Waals surface area contributed by atoms with Crippen molar-refractivity contribution < 1.29 is 4.21 Å². The number of benzene rings is 1. The molecule has 16 heavy (non-hydrogen) atoms. The van der Waals surface area contributed by atoms with Crippen molar-refractivity contribution in [1.82, 2.24) is 4.72 Å². The van der Waals surface area contributed by atoms with Crippen molar-refractivity contribution >= 4 is 11.0 Å². The minimum atomic E-state index is -0.984. The summed E-state index contributed by atoms with van der Waals surface area (Å²) in [5.74, 6) is 0. The van der Waals surface area contributed by atoms with E-state index in [0.717, 1.165) is 12.8 Å². The number of fused-ring (bicyclic) bond motifs is 1. The van der Waals surface area contributed by atoms with Gasteiger partial charge < -0.3 is 0 Å². The van der Waals surface area contributed by atoms with E-state index in [1.165, 1.54) is 11.1 Å². The molecule has 0 unspecified atom stereocenters. The number of aryl methyl sites for hydroxylation is 1. The van der Waals surface area contributed by atoms with Crippen molar-refractivity contribution in [3.8, 4) is 0 Å². The van der Waals surface area contributed by atoms with Crippen LogP contribution in [0.1, 0.15) is 44.4 Å². The fourth-order valence-electron chi connectivity index (χ4n) is 1.99. The van der Waals surface area contributed by atoms with Gasteiger partial charge in [-0.1, -0.05) is 24.3 Å². The van der Waals surface area contributed by atoms with Crippen LogP contribution in [0.4, 0.5) is 0 Å². The minimum absolute atomic E-state index is 0.197. The van der Waals surface area contributed by atoms with Crippen molar-refractivity contribution in [1.29, 1.82) is 0 Å². The molecule has 0 amide bonds. The smallest absolute Gasteiger partial charge is 0.0975 e. The molecular weight excluding hydrogens is 218 g/mol. The van der Waals surface area contributed by atoms with Crippen molar-refractivity contribution in [3.05, 3.63) is 35.4 Å². The molecule has 0 heterocycles. The lowest BCUT2D eigenvalue weighted by atomic mass is 10.1. The maximum atomic E-state index is 12.0. The van der Waals surface area contributed by atoms with E-state index >= 15 is 0 Å². The van der Waals surface area contributed by atoms with Gasteiger partial charge in [-0.05, 0) is 44.7 Å². The molecule has 0 spiro atoms. The fraction of sp³-hybridized carbons (Fsp3) is 0.538. The number of nitrogens with one attached hydrogen (secondary N) is 1. The zero-order valence-electron chi connectivity index (χ0n) is 10.1. The van der Waals surface area contributed by atoms with Gasteiger partial charge in [0.05, 0.1) is 15.7 Å². The second kappa shape index (κ2) is 4.30. The monoisotopic (exact) mass is 237 g/mol. The van der Waals surface area contributed by atoms with Gasteiger partial charge in [0, 0.05) is 6.04 Å². The summed E-state index contributed by atoms with van der Waals surface area (Å²) >= 11 is 0. The normalized spacial score (nSPS) is 21.8. The van der Waals surface area contributed by atoms with Crippen LogP contribution in [0.5, 0.6) is 0 Å². The molecule has 0 bridgehead atoms. The van der Waals surface area contributed by atoms with Gasteiger partial charge in [0.25, 0.3) is 0 Å². The molecule has 1 aromatic rings. The van der Waals surface area contributed by atoms with Crippen LogP contribution in [0, 0.1) is 0 Å². The molecule has 1 N–H and O–H groups in total. The van der Waals surface area contributed by atoms with Gasteiger partial charge in [0.2, 0.25) is 0 Å². The lowest BCUT2D eigenvalue weighted by Gasteiger charge is -2.22. The van der Waals surface area contributed by atoms with E-state index in [0.29, 0.717) is 0 Å². The number of hydrogen-bond acceptors (Lipinski definition) is 1. The van der Waals surface area contributed by atoms with Gasteiger partial charge in [-0.25, -0.2) is 8.93 Å². The van der Waals surface area contributed by atoms with E-state index in [-0.39, 0.29) is 10.8 Å². The third-order valence-corrected chi connectivity index (χ3v) is 4.55. The lowest BCUT2D eigenvalue weighted by molar-refractivity contribution is 0.596. The molecule has 0 aliphatic heterocycles. The molecule has 0 saturated heterocycles. The van der Waals surface area contributed by atoms with Crippen LogP contribution in [-0.4, -0.2) is 8.96 Å². The lowest BCUT2D eigenvalue weighted by Crippen LogP contribution is -2.35. The topological polar surface area (TPSA) is 29.1 Å². The number of rotatable bonds is 2. The fourth-order valence-corrected chi connectivity index (χ4v) is 2.84. The largest absolute Gasteiger partial charge is 0.242 e. The van der Waals surface area contributed by atoms with Crippen LogP contribution in [0.2, 0.25) is 0 Å². The predicted octanol–water partition coefficient (Wildman–Crippen LogP) is 2.73. The molecule has 88 valence electrons. The van der Waals surface area contributed by atoms with Gasteiger partial charge in [-0.3, -0.25) is 0 Å². The molecular formula is C13H19NOS. The van der Waals surface area contributed by atoms with Crippen molar-refractivity contribution in [2.45, 2.75) is 44.4 Å². The third-order valence-electron chi connectivity index (χ3n) is 2.94. The Kier molecular flexibility index (Phi) is 3.17. The first-order valence-electron chi connectivity index (χ1n) is 5.74. The first-order valence-corrected chi connectivity index (χ1v) is 6.89. The van der Waals surface area contributed by atoms with Crippen LogP contribution in [0.15, 0.2) is 24.3 Å². The molecule has 1 aliphatic carbocycles. The summed E-state index contributed by atoms with van der Waals surface area (Å²) in [6.45, 7) is 5.99. The molecule has 2 atom stereocenters. The molecule has 1 aliphatic rings. The summed E-state index contributed by atoms with van der Waals surface area (Å²) in [7, 11) is -0.984. The van der Waals surface area contributed by atoms with E-state index in [4.69, 9.17) is 0 Å². The molecule has 0 radical (unpaired) electrons. The zero-order valence-corrected chi connectivity index (χ0v) is 10.9. The zero-order chi connectivity index (χ0) is 11.8. The summed E-state index contributed by atoms with van der Waals surface area (Å²) in [6.07, 6.45) is 2.15. The first kappa shape index (κ1) is 11.8. The van der Waals surface area contributed by atoms with Gasteiger partial charge in [0.15, 0.2) is 0 Å².